The van der Waals surface area contributed by atoms with Crippen molar-refractivity contribution in [1.82, 2.24) is 4.90 Å². The number of ether oxygens (including phenoxy) is 1. The van der Waals surface area contributed by atoms with Crippen LogP contribution in [0.4, 0.5) is 22.0 Å². The number of carbonyl (C=O) groups excluding carboxylic acids is 1. The fraction of sp³-hybridized carbons (Fsp3) is 0.357. The molecule has 0 bridgehead atoms. The minimum absolute atomic E-state index is 0.0402. The molecule has 1 rings (SSSR count). The number of halogens is 5. The first-order valence-electron chi connectivity index (χ1n) is 6.18. The highest BCUT2D eigenvalue weighted by Gasteiger charge is 2.26. The lowest BCUT2D eigenvalue weighted by Gasteiger charge is -2.18. The van der Waals surface area contributed by atoms with Crippen LogP contribution in [0.5, 0.6) is 0 Å². The summed E-state index contributed by atoms with van der Waals surface area (Å²) < 4.78 is 70.7. The fourth-order valence-electron chi connectivity index (χ4n) is 1.56. The molecule has 22 heavy (non-hydrogen) atoms. The van der Waals surface area contributed by atoms with Crippen LogP contribution in [0.3, 0.4) is 0 Å². The van der Waals surface area contributed by atoms with E-state index in [9.17, 15) is 26.7 Å². The molecule has 1 aromatic carbocycles. The van der Waals surface area contributed by atoms with Gasteiger partial charge in [0.1, 0.15) is 6.61 Å². The van der Waals surface area contributed by atoms with Crippen molar-refractivity contribution >= 4 is 5.97 Å². The van der Waals surface area contributed by atoms with Crippen molar-refractivity contribution in [3.8, 4) is 0 Å². The van der Waals surface area contributed by atoms with Crippen LogP contribution in [0.15, 0.2) is 12.2 Å². The summed E-state index contributed by atoms with van der Waals surface area (Å²) in [5.41, 5.74) is -0.757. The Bertz CT molecular complexity index is 574. The molecule has 122 valence electrons. The van der Waals surface area contributed by atoms with E-state index in [2.05, 4.69) is 6.58 Å². The molecule has 0 aliphatic carbocycles. The molecule has 0 saturated carbocycles. The second kappa shape index (κ2) is 7.35. The van der Waals surface area contributed by atoms with Gasteiger partial charge in [-0.15, -0.1) is 0 Å². The maximum atomic E-state index is 13.5. The molecule has 0 saturated heterocycles. The van der Waals surface area contributed by atoms with Gasteiger partial charge in [0.25, 0.3) is 0 Å². The first-order valence-corrected chi connectivity index (χ1v) is 6.18. The summed E-state index contributed by atoms with van der Waals surface area (Å²) in [6.45, 7) is 4.21. The molecule has 0 fully saturated rings. The summed E-state index contributed by atoms with van der Waals surface area (Å²) in [5.74, 6) is -10.6. The molecular formula is C14H14F5NO2. The van der Waals surface area contributed by atoms with Crippen molar-refractivity contribution in [3.63, 3.8) is 0 Å². The molecule has 0 atom stereocenters. The van der Waals surface area contributed by atoms with Crippen LogP contribution in [-0.2, 0) is 16.1 Å². The zero-order valence-corrected chi connectivity index (χ0v) is 12.0. The third-order valence-electron chi connectivity index (χ3n) is 2.78. The molecule has 0 N–H and O–H groups in total. The lowest BCUT2D eigenvalue weighted by Crippen LogP contribution is -2.26. The number of hydrogen-bond donors (Lipinski definition) is 0. The van der Waals surface area contributed by atoms with E-state index in [1.54, 1.807) is 0 Å². The van der Waals surface area contributed by atoms with Crippen LogP contribution >= 0.6 is 0 Å². The highest BCUT2D eigenvalue weighted by atomic mass is 19.2. The number of carbonyl (C=O) groups is 1. The van der Waals surface area contributed by atoms with Gasteiger partial charge >= 0.3 is 5.97 Å². The van der Waals surface area contributed by atoms with Crippen molar-refractivity contribution in [1.29, 1.82) is 0 Å². The lowest BCUT2D eigenvalue weighted by molar-refractivity contribution is -0.139. The molecule has 3 nitrogen and oxygen atoms in total. The number of nitrogens with zero attached hydrogens (tertiary/aromatic N) is 1. The molecule has 0 amide bonds. The average Bonchev–Trinajstić information content (AvgIpc) is 2.47. The second-order valence-electron chi connectivity index (χ2n) is 4.70. The number of hydrogen-bond acceptors (Lipinski definition) is 3. The predicted octanol–water partition coefficient (Wildman–Crippen LogP) is 2.93. The van der Waals surface area contributed by atoms with Gasteiger partial charge in [0.2, 0.25) is 5.82 Å². The van der Waals surface area contributed by atoms with Gasteiger partial charge in [-0.1, -0.05) is 6.58 Å². The quantitative estimate of drug-likeness (QED) is 0.265. The molecule has 0 spiro atoms. The van der Waals surface area contributed by atoms with Gasteiger partial charge in [-0.3, -0.25) is 4.90 Å². The Morgan fingerprint density at radius 3 is 1.95 bits per heavy atom. The van der Waals surface area contributed by atoms with E-state index >= 15 is 0 Å². The Morgan fingerprint density at radius 1 is 1.05 bits per heavy atom. The zero-order chi connectivity index (χ0) is 17.0. The van der Waals surface area contributed by atoms with E-state index in [1.165, 1.54) is 18.9 Å². The highest BCUT2D eigenvalue weighted by molar-refractivity contribution is 5.86. The van der Waals surface area contributed by atoms with E-state index in [0.29, 0.717) is 0 Å². The molecule has 0 radical (unpaired) electrons. The van der Waals surface area contributed by atoms with E-state index < -0.39 is 47.2 Å². The smallest absolute Gasteiger partial charge is 0.333 e. The van der Waals surface area contributed by atoms with Crippen LogP contribution in [-0.4, -0.2) is 31.1 Å². The van der Waals surface area contributed by atoms with Gasteiger partial charge in [-0.2, -0.15) is 0 Å². The Hall–Kier alpha value is -1.96. The van der Waals surface area contributed by atoms with E-state index in [-0.39, 0.29) is 18.7 Å². The molecule has 1 aromatic rings. The third-order valence-corrected chi connectivity index (χ3v) is 2.78. The summed E-state index contributed by atoms with van der Waals surface area (Å²) in [6, 6.07) is 0. The summed E-state index contributed by atoms with van der Waals surface area (Å²) in [5, 5.41) is 0. The number of likely N-dealkylation sites (N-methyl/N-ethyl adjacent to an activating group) is 1. The van der Waals surface area contributed by atoms with E-state index in [0.717, 1.165) is 0 Å². The Balaban J connectivity index is 2.75. The molecule has 8 heteroatoms. The summed E-state index contributed by atoms with van der Waals surface area (Å²) >= 11 is 0. The van der Waals surface area contributed by atoms with Gasteiger partial charge in [-0.25, -0.2) is 26.7 Å². The third kappa shape index (κ3) is 4.03. The molecule has 0 heterocycles. The maximum Gasteiger partial charge on any atom is 0.333 e. The summed E-state index contributed by atoms with van der Waals surface area (Å²) in [4.78, 5) is 12.4. The van der Waals surface area contributed by atoms with Crippen LogP contribution in [0.25, 0.3) is 0 Å². The minimum Gasteiger partial charge on any atom is -0.461 e. The Morgan fingerprint density at radius 2 is 1.50 bits per heavy atom. The first kappa shape index (κ1) is 18.1. The molecule has 0 aliphatic heterocycles. The molecule has 0 aromatic heterocycles. The van der Waals surface area contributed by atoms with E-state index in [4.69, 9.17) is 4.74 Å². The summed E-state index contributed by atoms with van der Waals surface area (Å²) in [6.07, 6.45) is 0. The lowest BCUT2D eigenvalue weighted by atomic mass is 10.1. The van der Waals surface area contributed by atoms with Gasteiger partial charge in [-0.05, 0) is 14.0 Å². The van der Waals surface area contributed by atoms with Gasteiger partial charge in [0.05, 0.1) is 0 Å². The standard InChI is InChI=1S/C14H14F5NO2/c1-7(2)14(21)22-5-4-20(3)6-8-9(15)11(17)13(19)12(18)10(8)16/h1,4-6H2,2-3H3. The van der Waals surface area contributed by atoms with Gasteiger partial charge < -0.3 is 4.74 Å². The van der Waals surface area contributed by atoms with Crippen LogP contribution in [0.2, 0.25) is 0 Å². The largest absolute Gasteiger partial charge is 0.461 e. The van der Waals surface area contributed by atoms with Crippen molar-refractivity contribution in [3.05, 3.63) is 46.8 Å². The summed E-state index contributed by atoms with van der Waals surface area (Å²) in [7, 11) is 1.38. The molecule has 0 aliphatic rings. The first-order chi connectivity index (χ1) is 10.2. The van der Waals surface area contributed by atoms with Crippen LogP contribution in [0.1, 0.15) is 12.5 Å². The van der Waals surface area contributed by atoms with Crippen molar-refractivity contribution in [2.45, 2.75) is 13.5 Å². The maximum absolute atomic E-state index is 13.5. The predicted molar refractivity (Wildman–Crippen MR) is 68.3 cm³/mol. The second-order valence-corrected chi connectivity index (χ2v) is 4.70. The number of rotatable bonds is 6. The molecular weight excluding hydrogens is 309 g/mol. The SMILES string of the molecule is C=C(C)C(=O)OCCN(C)Cc1c(F)c(F)c(F)c(F)c1F. The number of benzene rings is 1. The Labute approximate surface area is 124 Å². The van der Waals surface area contributed by atoms with Crippen LogP contribution < -0.4 is 0 Å². The van der Waals surface area contributed by atoms with Gasteiger partial charge in [0.15, 0.2) is 23.3 Å². The average molecular weight is 323 g/mol. The fourth-order valence-corrected chi connectivity index (χ4v) is 1.56. The molecule has 0 unspecified atom stereocenters. The highest BCUT2D eigenvalue weighted by Crippen LogP contribution is 2.23. The normalized spacial score (nSPS) is 10.9. The minimum atomic E-state index is -2.20. The van der Waals surface area contributed by atoms with Crippen molar-refractivity contribution < 1.29 is 31.5 Å². The topological polar surface area (TPSA) is 29.5 Å². The van der Waals surface area contributed by atoms with Crippen LogP contribution in [0, 0.1) is 29.1 Å². The van der Waals surface area contributed by atoms with Crippen molar-refractivity contribution in [2.75, 3.05) is 20.2 Å². The zero-order valence-electron chi connectivity index (χ0n) is 12.0. The van der Waals surface area contributed by atoms with Crippen molar-refractivity contribution in [2.24, 2.45) is 0 Å². The number of esters is 1. The van der Waals surface area contributed by atoms with Gasteiger partial charge in [0, 0.05) is 24.2 Å². The van der Waals surface area contributed by atoms with E-state index in [1.807, 2.05) is 0 Å². The monoisotopic (exact) mass is 323 g/mol. The Kier molecular flexibility index (Phi) is 6.04.